The Bertz CT molecular complexity index is 737. The number of aliphatic carboxylic acids is 2. The Balaban J connectivity index is 2.35. The van der Waals surface area contributed by atoms with Crippen LogP contribution < -0.4 is 5.32 Å². The molecule has 1 aromatic rings. The summed E-state index contributed by atoms with van der Waals surface area (Å²) in [4.78, 5) is 22.2. The quantitative estimate of drug-likeness (QED) is 0.210. The monoisotopic (exact) mass is 435 g/mol. The molecule has 0 fully saturated rings. The highest BCUT2D eigenvalue weighted by Gasteiger charge is 2.40. The zero-order valence-electron chi connectivity index (χ0n) is 18.1. The number of hydrogen-bond donors (Lipinski definition) is 3. The van der Waals surface area contributed by atoms with Crippen LogP contribution in [0.4, 0.5) is 0 Å². The maximum Gasteiger partial charge on any atom is 0.321 e. The number of hydrogen-bond acceptors (Lipinski definition) is 3. The first-order valence-corrected chi connectivity index (χ1v) is 11.1. The summed E-state index contributed by atoms with van der Waals surface area (Å²) in [6, 6.07) is 6.09. The van der Waals surface area contributed by atoms with Gasteiger partial charge in [0, 0.05) is 18.0 Å². The molecular formula is C24H34ClNO4. The van der Waals surface area contributed by atoms with E-state index in [1.807, 2.05) is 6.07 Å². The summed E-state index contributed by atoms with van der Waals surface area (Å²) in [5.74, 6) is 2.65. The predicted molar refractivity (Wildman–Crippen MR) is 121 cm³/mol. The first kappa shape index (κ1) is 26.0. The third-order valence-electron chi connectivity index (χ3n) is 5.22. The number of aryl methyl sites for hydroxylation is 1. The summed E-state index contributed by atoms with van der Waals surface area (Å²) < 4.78 is 0. The van der Waals surface area contributed by atoms with Crippen LogP contribution in [0.1, 0.15) is 76.3 Å². The molecule has 0 aromatic heterocycles. The van der Waals surface area contributed by atoms with Crippen LogP contribution >= 0.6 is 11.6 Å². The Hall–Kier alpha value is -2.03. The van der Waals surface area contributed by atoms with Gasteiger partial charge in [0.05, 0.1) is 6.54 Å². The van der Waals surface area contributed by atoms with Crippen LogP contribution in [0.25, 0.3) is 0 Å². The lowest BCUT2D eigenvalue weighted by Gasteiger charge is -2.15. The van der Waals surface area contributed by atoms with E-state index in [0.29, 0.717) is 13.1 Å². The standard InChI is InChI=1S/C24H34ClNO4/c1-3-4-5-6-7-8-9-12-20-14-13-19(17-21(20)25)18-26-16-11-10-15-24(2,22(27)28)23(29)30/h13-14,17,26H,3-9,12,15-16,18H2,1-2H3,(H,27,28)(H,29,30). The summed E-state index contributed by atoms with van der Waals surface area (Å²) >= 11 is 6.42. The number of nitrogens with one attached hydrogen (secondary N) is 1. The first-order valence-electron chi connectivity index (χ1n) is 10.7. The van der Waals surface area contributed by atoms with Crippen LogP contribution in [0.15, 0.2) is 18.2 Å². The van der Waals surface area contributed by atoms with Crippen molar-refractivity contribution in [2.24, 2.45) is 5.41 Å². The second kappa shape index (κ2) is 14.1. The highest BCUT2D eigenvalue weighted by Crippen LogP contribution is 2.22. The van der Waals surface area contributed by atoms with Gasteiger partial charge >= 0.3 is 11.9 Å². The van der Waals surface area contributed by atoms with Crippen LogP contribution in [0.2, 0.25) is 5.02 Å². The lowest BCUT2D eigenvalue weighted by molar-refractivity contribution is -0.162. The SMILES string of the molecule is CCCCCCCCCc1ccc(CNCC#CCC(C)(C(=O)O)C(=O)O)cc1Cl. The molecule has 0 saturated heterocycles. The van der Waals surface area contributed by atoms with E-state index < -0.39 is 17.4 Å². The molecule has 0 unspecified atom stereocenters. The van der Waals surface area contributed by atoms with E-state index in [0.717, 1.165) is 30.4 Å². The molecule has 0 bridgehead atoms. The molecule has 0 aliphatic rings. The molecule has 0 spiro atoms. The van der Waals surface area contributed by atoms with Gasteiger partial charge in [0.25, 0.3) is 0 Å². The number of unbranched alkanes of at least 4 members (excludes halogenated alkanes) is 6. The Morgan fingerprint density at radius 2 is 1.67 bits per heavy atom. The normalized spacial score (nSPS) is 11.0. The fraction of sp³-hybridized carbons (Fsp3) is 0.583. The van der Waals surface area contributed by atoms with Crippen molar-refractivity contribution < 1.29 is 19.8 Å². The van der Waals surface area contributed by atoms with Crippen LogP contribution in [0, 0.1) is 17.3 Å². The number of carboxylic acids is 2. The summed E-state index contributed by atoms with van der Waals surface area (Å²) in [7, 11) is 0. The van der Waals surface area contributed by atoms with E-state index in [1.54, 1.807) is 0 Å². The van der Waals surface area contributed by atoms with Gasteiger partial charge in [0.1, 0.15) is 0 Å². The molecular weight excluding hydrogens is 402 g/mol. The number of rotatable bonds is 14. The Kier molecular flexibility index (Phi) is 12.2. The Morgan fingerprint density at radius 3 is 2.27 bits per heavy atom. The fourth-order valence-corrected chi connectivity index (χ4v) is 3.29. The zero-order valence-corrected chi connectivity index (χ0v) is 18.9. The van der Waals surface area contributed by atoms with Crippen molar-refractivity contribution in [3.63, 3.8) is 0 Å². The highest BCUT2D eigenvalue weighted by molar-refractivity contribution is 6.31. The third kappa shape index (κ3) is 9.19. The maximum atomic E-state index is 11.1. The molecule has 0 aliphatic heterocycles. The van der Waals surface area contributed by atoms with E-state index >= 15 is 0 Å². The molecule has 0 radical (unpaired) electrons. The molecule has 3 N–H and O–H groups in total. The molecule has 1 aromatic carbocycles. The number of carbonyl (C=O) groups is 2. The van der Waals surface area contributed by atoms with Crippen molar-refractivity contribution in [1.82, 2.24) is 5.32 Å². The van der Waals surface area contributed by atoms with Gasteiger partial charge in [0.15, 0.2) is 5.41 Å². The van der Waals surface area contributed by atoms with E-state index in [-0.39, 0.29) is 6.42 Å². The molecule has 166 valence electrons. The van der Waals surface area contributed by atoms with Crippen molar-refractivity contribution in [2.45, 2.75) is 78.2 Å². The van der Waals surface area contributed by atoms with Crippen molar-refractivity contribution in [2.75, 3.05) is 6.54 Å². The topological polar surface area (TPSA) is 86.6 Å². The summed E-state index contributed by atoms with van der Waals surface area (Å²) in [6.45, 7) is 4.32. The van der Waals surface area contributed by atoms with Crippen LogP contribution in [0.3, 0.4) is 0 Å². The third-order valence-corrected chi connectivity index (χ3v) is 5.57. The van der Waals surface area contributed by atoms with E-state index in [9.17, 15) is 9.59 Å². The summed E-state index contributed by atoms with van der Waals surface area (Å²) in [5, 5.41) is 22.0. The second-order valence-electron chi connectivity index (χ2n) is 7.87. The van der Waals surface area contributed by atoms with E-state index in [2.05, 4.69) is 36.2 Å². The smallest absolute Gasteiger partial charge is 0.321 e. The first-order chi connectivity index (χ1) is 14.3. The van der Waals surface area contributed by atoms with Gasteiger partial charge in [0.2, 0.25) is 0 Å². The van der Waals surface area contributed by atoms with Crippen molar-refractivity contribution in [3.05, 3.63) is 34.3 Å². The van der Waals surface area contributed by atoms with Crippen molar-refractivity contribution in [3.8, 4) is 11.8 Å². The molecule has 0 saturated carbocycles. The average molecular weight is 436 g/mol. The lowest BCUT2D eigenvalue weighted by Crippen LogP contribution is -2.35. The molecule has 0 aliphatic carbocycles. The Labute approximate surface area is 185 Å². The zero-order chi connectivity index (χ0) is 22.4. The maximum absolute atomic E-state index is 11.1. The molecule has 1 rings (SSSR count). The fourth-order valence-electron chi connectivity index (χ4n) is 2.99. The largest absolute Gasteiger partial charge is 0.480 e. The molecule has 6 heteroatoms. The minimum atomic E-state index is -1.88. The lowest BCUT2D eigenvalue weighted by atomic mass is 9.87. The van der Waals surface area contributed by atoms with Gasteiger partial charge in [-0.1, -0.05) is 75.1 Å². The van der Waals surface area contributed by atoms with Crippen molar-refractivity contribution in [1.29, 1.82) is 0 Å². The molecule has 0 heterocycles. The Morgan fingerprint density at radius 1 is 1.03 bits per heavy atom. The molecule has 5 nitrogen and oxygen atoms in total. The summed E-state index contributed by atoms with van der Waals surface area (Å²) in [6.07, 6.45) is 9.71. The van der Waals surface area contributed by atoms with Crippen molar-refractivity contribution >= 4 is 23.5 Å². The molecule has 30 heavy (non-hydrogen) atoms. The van der Waals surface area contributed by atoms with Gasteiger partial charge < -0.3 is 15.5 Å². The van der Waals surface area contributed by atoms with Gasteiger partial charge in [-0.2, -0.15) is 0 Å². The van der Waals surface area contributed by atoms with E-state index in [4.69, 9.17) is 21.8 Å². The minimum absolute atomic E-state index is 0.238. The van der Waals surface area contributed by atoms with E-state index in [1.165, 1.54) is 44.1 Å². The highest BCUT2D eigenvalue weighted by atomic mass is 35.5. The van der Waals surface area contributed by atoms with Gasteiger partial charge in [-0.25, -0.2) is 0 Å². The van der Waals surface area contributed by atoms with Crippen LogP contribution in [0.5, 0.6) is 0 Å². The second-order valence-corrected chi connectivity index (χ2v) is 8.28. The molecule has 0 atom stereocenters. The number of carboxylic acid groups (broad SMARTS) is 2. The van der Waals surface area contributed by atoms with Gasteiger partial charge in [-0.3, -0.25) is 9.59 Å². The van der Waals surface area contributed by atoms with Crippen LogP contribution in [-0.2, 0) is 22.6 Å². The number of halogens is 1. The van der Waals surface area contributed by atoms with Crippen LogP contribution in [-0.4, -0.2) is 28.7 Å². The minimum Gasteiger partial charge on any atom is -0.480 e. The van der Waals surface area contributed by atoms with Gasteiger partial charge in [-0.15, -0.1) is 5.92 Å². The summed E-state index contributed by atoms with van der Waals surface area (Å²) in [5.41, 5.74) is 0.340. The molecule has 0 amide bonds. The predicted octanol–water partition coefficient (Wildman–Crippen LogP) is 5.29. The average Bonchev–Trinajstić information content (AvgIpc) is 2.70. The van der Waals surface area contributed by atoms with Gasteiger partial charge in [-0.05, 0) is 37.0 Å². The number of benzene rings is 1.